The van der Waals surface area contributed by atoms with E-state index in [1.165, 1.54) is 0 Å². The molecule has 1 unspecified atom stereocenters. The van der Waals surface area contributed by atoms with Crippen molar-refractivity contribution in [2.75, 3.05) is 6.54 Å². The molecule has 92 valence electrons. The van der Waals surface area contributed by atoms with Crippen LogP contribution in [0.15, 0.2) is 12.7 Å². The number of nitrogens with zero attached hydrogens (tertiary/aromatic N) is 1. The average Bonchev–Trinajstić information content (AvgIpc) is 2.95. The highest BCUT2D eigenvalue weighted by Gasteiger charge is 2.33. The molecule has 0 spiro atoms. The van der Waals surface area contributed by atoms with E-state index in [1.54, 1.807) is 6.08 Å². The van der Waals surface area contributed by atoms with Crippen LogP contribution < -0.4 is 5.73 Å². The molecule has 1 aliphatic carbocycles. The lowest BCUT2D eigenvalue weighted by molar-refractivity contribution is -0.132. The van der Waals surface area contributed by atoms with E-state index in [0.29, 0.717) is 19.0 Å². The van der Waals surface area contributed by atoms with Crippen molar-refractivity contribution in [3.8, 4) is 0 Å². The second-order valence-electron chi connectivity index (χ2n) is 5.74. The van der Waals surface area contributed by atoms with E-state index in [-0.39, 0.29) is 17.4 Å². The zero-order chi connectivity index (χ0) is 12.3. The number of hydrogen-bond acceptors (Lipinski definition) is 2. The Kier molecular flexibility index (Phi) is 4.14. The first-order chi connectivity index (χ1) is 7.36. The highest BCUT2D eigenvalue weighted by Crippen LogP contribution is 2.28. The fraction of sp³-hybridized carbons (Fsp3) is 0.769. The molecule has 0 bridgehead atoms. The van der Waals surface area contributed by atoms with E-state index in [0.717, 1.165) is 12.8 Å². The number of hydrogen-bond donors (Lipinski definition) is 1. The molecule has 1 amide bonds. The Morgan fingerprint density at radius 2 is 2.12 bits per heavy atom. The molecule has 3 heteroatoms. The maximum Gasteiger partial charge on any atom is 0.224 e. The number of amides is 1. The van der Waals surface area contributed by atoms with Crippen molar-refractivity contribution in [3.63, 3.8) is 0 Å². The number of carbonyl (C=O) groups excluding carboxylic acids is 1. The smallest absolute Gasteiger partial charge is 0.224 e. The molecule has 0 saturated heterocycles. The third-order valence-corrected chi connectivity index (χ3v) is 3.14. The van der Waals surface area contributed by atoms with Crippen LogP contribution in [-0.2, 0) is 4.79 Å². The number of carbonyl (C=O) groups is 1. The predicted octanol–water partition coefficient (Wildman–Crippen LogP) is 1.93. The van der Waals surface area contributed by atoms with Gasteiger partial charge in [-0.3, -0.25) is 4.79 Å². The number of nitrogens with two attached hydrogens (primary N) is 1. The van der Waals surface area contributed by atoms with Gasteiger partial charge in [-0.15, -0.1) is 6.58 Å². The van der Waals surface area contributed by atoms with Crippen molar-refractivity contribution >= 4 is 5.91 Å². The molecule has 0 radical (unpaired) electrons. The van der Waals surface area contributed by atoms with Gasteiger partial charge in [-0.25, -0.2) is 0 Å². The third kappa shape index (κ3) is 3.63. The SMILES string of the molecule is C=CCN(C(=O)CC(N)C(C)(C)C)C1CC1. The van der Waals surface area contributed by atoms with Crippen molar-refractivity contribution in [1.29, 1.82) is 0 Å². The Balaban J connectivity index is 2.51. The van der Waals surface area contributed by atoms with Crippen molar-refractivity contribution < 1.29 is 4.79 Å². The Morgan fingerprint density at radius 1 is 1.56 bits per heavy atom. The van der Waals surface area contributed by atoms with Gasteiger partial charge in [0.2, 0.25) is 5.91 Å². The summed E-state index contributed by atoms with van der Waals surface area (Å²) in [7, 11) is 0. The van der Waals surface area contributed by atoms with Crippen molar-refractivity contribution in [1.82, 2.24) is 4.90 Å². The molecule has 3 nitrogen and oxygen atoms in total. The fourth-order valence-corrected chi connectivity index (χ4v) is 1.59. The Morgan fingerprint density at radius 3 is 2.50 bits per heavy atom. The quantitative estimate of drug-likeness (QED) is 0.725. The molecule has 2 N–H and O–H groups in total. The van der Waals surface area contributed by atoms with Crippen LogP contribution in [0, 0.1) is 5.41 Å². The minimum atomic E-state index is -0.0777. The van der Waals surface area contributed by atoms with Crippen molar-refractivity contribution in [3.05, 3.63) is 12.7 Å². The first-order valence-corrected chi connectivity index (χ1v) is 6.02. The topological polar surface area (TPSA) is 46.3 Å². The summed E-state index contributed by atoms with van der Waals surface area (Å²) < 4.78 is 0. The second-order valence-corrected chi connectivity index (χ2v) is 5.74. The Bertz CT molecular complexity index is 264. The zero-order valence-electron chi connectivity index (χ0n) is 10.7. The molecule has 0 heterocycles. The van der Waals surface area contributed by atoms with Crippen LogP contribution >= 0.6 is 0 Å². The van der Waals surface area contributed by atoms with Gasteiger partial charge in [-0.05, 0) is 18.3 Å². The summed E-state index contributed by atoms with van der Waals surface area (Å²) in [5, 5.41) is 0. The molecular weight excluding hydrogens is 200 g/mol. The lowest BCUT2D eigenvalue weighted by atomic mass is 9.85. The van der Waals surface area contributed by atoms with Crippen LogP contribution in [0.25, 0.3) is 0 Å². The van der Waals surface area contributed by atoms with Gasteiger partial charge in [0.15, 0.2) is 0 Å². The second kappa shape index (κ2) is 5.00. The van der Waals surface area contributed by atoms with Crippen LogP contribution in [0.5, 0.6) is 0 Å². The summed E-state index contributed by atoms with van der Waals surface area (Å²) in [6, 6.07) is 0.365. The predicted molar refractivity (Wildman–Crippen MR) is 67.0 cm³/mol. The molecule has 0 aromatic rings. The van der Waals surface area contributed by atoms with E-state index in [4.69, 9.17) is 5.73 Å². The third-order valence-electron chi connectivity index (χ3n) is 3.14. The van der Waals surface area contributed by atoms with Crippen LogP contribution in [-0.4, -0.2) is 29.4 Å². The van der Waals surface area contributed by atoms with Crippen molar-refractivity contribution in [2.45, 2.75) is 52.1 Å². The fourth-order valence-electron chi connectivity index (χ4n) is 1.59. The van der Waals surface area contributed by atoms with Gasteiger partial charge in [0.25, 0.3) is 0 Å². The monoisotopic (exact) mass is 224 g/mol. The largest absolute Gasteiger partial charge is 0.336 e. The van der Waals surface area contributed by atoms with Gasteiger partial charge in [0, 0.05) is 25.0 Å². The van der Waals surface area contributed by atoms with E-state index in [2.05, 4.69) is 27.4 Å². The van der Waals surface area contributed by atoms with Crippen LogP contribution in [0.2, 0.25) is 0 Å². The van der Waals surface area contributed by atoms with E-state index in [1.807, 2.05) is 4.90 Å². The molecular formula is C13H24N2O. The molecule has 1 rings (SSSR count). The zero-order valence-corrected chi connectivity index (χ0v) is 10.7. The maximum atomic E-state index is 12.1. The van der Waals surface area contributed by atoms with Crippen LogP contribution in [0.1, 0.15) is 40.0 Å². The van der Waals surface area contributed by atoms with Crippen LogP contribution in [0.4, 0.5) is 0 Å². The summed E-state index contributed by atoms with van der Waals surface area (Å²) in [6.45, 7) is 10.6. The normalized spacial score (nSPS) is 18.0. The average molecular weight is 224 g/mol. The van der Waals surface area contributed by atoms with Gasteiger partial charge >= 0.3 is 0 Å². The van der Waals surface area contributed by atoms with Gasteiger partial charge in [-0.2, -0.15) is 0 Å². The first kappa shape index (κ1) is 13.2. The van der Waals surface area contributed by atoms with Gasteiger partial charge in [0.1, 0.15) is 0 Å². The Labute approximate surface area is 98.7 Å². The molecule has 0 aliphatic heterocycles. The molecule has 0 aromatic carbocycles. The summed E-state index contributed by atoms with van der Waals surface area (Å²) in [5.74, 6) is 0.171. The highest BCUT2D eigenvalue weighted by atomic mass is 16.2. The summed E-state index contributed by atoms with van der Waals surface area (Å²) in [5.41, 5.74) is 6.02. The van der Waals surface area contributed by atoms with Crippen LogP contribution in [0.3, 0.4) is 0 Å². The standard InChI is InChI=1S/C13H24N2O/c1-5-8-15(10-6-7-10)12(16)9-11(14)13(2,3)4/h5,10-11H,1,6-9,14H2,2-4H3. The van der Waals surface area contributed by atoms with E-state index >= 15 is 0 Å². The van der Waals surface area contributed by atoms with Gasteiger partial charge in [0.05, 0.1) is 0 Å². The maximum absolute atomic E-state index is 12.1. The summed E-state index contributed by atoms with van der Waals surface area (Å²) >= 11 is 0. The number of rotatable bonds is 5. The lowest BCUT2D eigenvalue weighted by Gasteiger charge is -2.29. The van der Waals surface area contributed by atoms with E-state index in [9.17, 15) is 4.79 Å². The minimum absolute atomic E-state index is 0.0148. The molecule has 1 fully saturated rings. The van der Waals surface area contributed by atoms with E-state index < -0.39 is 0 Å². The Hall–Kier alpha value is -0.830. The molecule has 1 aliphatic rings. The summed E-state index contributed by atoms with van der Waals surface area (Å²) in [4.78, 5) is 14.0. The molecule has 0 aromatic heterocycles. The molecule has 1 atom stereocenters. The summed E-state index contributed by atoms with van der Waals surface area (Å²) in [6.07, 6.45) is 4.49. The molecule has 16 heavy (non-hydrogen) atoms. The first-order valence-electron chi connectivity index (χ1n) is 6.02. The highest BCUT2D eigenvalue weighted by molar-refractivity contribution is 5.77. The van der Waals surface area contributed by atoms with Crippen molar-refractivity contribution in [2.24, 2.45) is 11.1 Å². The lowest BCUT2D eigenvalue weighted by Crippen LogP contribution is -2.42. The minimum Gasteiger partial charge on any atom is -0.336 e. The van der Waals surface area contributed by atoms with Gasteiger partial charge < -0.3 is 10.6 Å². The van der Waals surface area contributed by atoms with Gasteiger partial charge in [-0.1, -0.05) is 26.8 Å². The molecule has 1 saturated carbocycles.